The predicted octanol–water partition coefficient (Wildman–Crippen LogP) is 5.86. The van der Waals surface area contributed by atoms with Gasteiger partial charge in [-0.15, -0.1) is 0 Å². The number of hydrogen-bond donors (Lipinski definition) is 0. The molecule has 0 bridgehead atoms. The van der Waals surface area contributed by atoms with Gasteiger partial charge in [-0.25, -0.2) is 0 Å². The third-order valence-corrected chi connectivity index (χ3v) is 6.16. The first-order chi connectivity index (χ1) is 14.9. The number of anilines is 1. The standard InChI is InChI=1S/C25H27F3N2O2/c1-15-12-30(22-7-6-17(10-21(15)22)25(26,27)28)20-9-18(24(2,3)4)8-19(11-20)29-13-16(14-29)23(31)32-5/h6-12,16H,13-14H2,1-5H3. The van der Waals surface area contributed by atoms with Gasteiger partial charge in [0.05, 0.1) is 24.1 Å². The second-order valence-corrected chi connectivity index (χ2v) is 9.52. The highest BCUT2D eigenvalue weighted by atomic mass is 19.4. The lowest BCUT2D eigenvalue weighted by molar-refractivity contribution is -0.146. The summed E-state index contributed by atoms with van der Waals surface area (Å²) >= 11 is 0. The van der Waals surface area contributed by atoms with Crippen LogP contribution in [0.3, 0.4) is 0 Å². The van der Waals surface area contributed by atoms with Crippen molar-refractivity contribution < 1.29 is 22.7 Å². The summed E-state index contributed by atoms with van der Waals surface area (Å²) in [6.07, 6.45) is -2.50. The SMILES string of the molecule is COC(=O)C1CN(c2cc(-n3cc(C)c4cc(C(F)(F)F)ccc43)cc(C(C)(C)C)c2)C1. The summed E-state index contributed by atoms with van der Waals surface area (Å²) in [5.74, 6) is -0.349. The first-order valence-corrected chi connectivity index (χ1v) is 10.6. The lowest BCUT2D eigenvalue weighted by atomic mass is 9.86. The minimum absolute atomic E-state index is 0.126. The zero-order valence-electron chi connectivity index (χ0n) is 18.9. The number of benzene rings is 2. The molecule has 1 aliphatic rings. The molecule has 0 saturated carbocycles. The van der Waals surface area contributed by atoms with Crippen molar-refractivity contribution in [3.05, 3.63) is 59.3 Å². The summed E-state index contributed by atoms with van der Waals surface area (Å²) in [5.41, 5.74) is 3.71. The van der Waals surface area contributed by atoms with Crippen LogP contribution in [0.5, 0.6) is 0 Å². The molecule has 0 atom stereocenters. The second-order valence-electron chi connectivity index (χ2n) is 9.52. The smallest absolute Gasteiger partial charge is 0.416 e. The number of rotatable bonds is 3. The maximum atomic E-state index is 13.2. The van der Waals surface area contributed by atoms with E-state index in [2.05, 4.69) is 37.8 Å². The number of hydrogen-bond acceptors (Lipinski definition) is 3. The van der Waals surface area contributed by atoms with Gasteiger partial charge in [0, 0.05) is 36.0 Å². The Labute approximate surface area is 185 Å². The number of methoxy groups -OCH3 is 1. The van der Waals surface area contributed by atoms with E-state index in [1.165, 1.54) is 19.2 Å². The van der Waals surface area contributed by atoms with Crippen LogP contribution in [-0.4, -0.2) is 30.7 Å². The fourth-order valence-corrected chi connectivity index (χ4v) is 4.14. The molecule has 32 heavy (non-hydrogen) atoms. The number of esters is 1. The van der Waals surface area contributed by atoms with E-state index in [1.54, 1.807) is 0 Å². The van der Waals surface area contributed by atoms with Gasteiger partial charge in [0.15, 0.2) is 0 Å². The average Bonchev–Trinajstić information content (AvgIpc) is 3.01. The summed E-state index contributed by atoms with van der Waals surface area (Å²) < 4.78 is 46.4. The largest absolute Gasteiger partial charge is 0.469 e. The molecule has 1 fully saturated rings. The van der Waals surface area contributed by atoms with Gasteiger partial charge in [0.1, 0.15) is 0 Å². The van der Waals surface area contributed by atoms with Crippen LogP contribution in [0.25, 0.3) is 16.6 Å². The number of aromatic nitrogens is 1. The van der Waals surface area contributed by atoms with E-state index in [-0.39, 0.29) is 17.3 Å². The topological polar surface area (TPSA) is 34.5 Å². The molecule has 0 amide bonds. The quantitative estimate of drug-likeness (QED) is 0.474. The monoisotopic (exact) mass is 444 g/mol. The van der Waals surface area contributed by atoms with E-state index in [0.29, 0.717) is 18.5 Å². The molecule has 0 aliphatic carbocycles. The number of carbonyl (C=O) groups excluding carboxylic acids is 1. The lowest BCUT2D eigenvalue weighted by Gasteiger charge is -2.40. The normalized spacial score (nSPS) is 15.2. The van der Waals surface area contributed by atoms with Crippen LogP contribution in [-0.2, 0) is 21.1 Å². The fraction of sp³-hybridized carbons (Fsp3) is 0.400. The molecular formula is C25H27F3N2O2. The second kappa shape index (κ2) is 7.57. The Kier molecular flexibility index (Phi) is 5.26. The van der Waals surface area contributed by atoms with Crippen molar-refractivity contribution in [1.29, 1.82) is 0 Å². The Morgan fingerprint density at radius 2 is 1.66 bits per heavy atom. The number of halogens is 3. The zero-order valence-corrected chi connectivity index (χ0v) is 18.9. The number of nitrogens with zero attached hydrogens (tertiary/aromatic N) is 2. The van der Waals surface area contributed by atoms with Gasteiger partial charge in [-0.3, -0.25) is 4.79 Å². The van der Waals surface area contributed by atoms with Gasteiger partial charge in [-0.1, -0.05) is 20.8 Å². The Bertz CT molecular complexity index is 1180. The molecule has 7 heteroatoms. The number of fused-ring (bicyclic) bond motifs is 1. The molecule has 4 rings (SSSR count). The van der Waals surface area contributed by atoms with E-state index < -0.39 is 11.7 Å². The zero-order chi connectivity index (χ0) is 23.4. The van der Waals surface area contributed by atoms with Crippen LogP contribution in [0, 0.1) is 12.8 Å². The predicted molar refractivity (Wildman–Crippen MR) is 119 cm³/mol. The third-order valence-electron chi connectivity index (χ3n) is 6.16. The molecule has 1 aromatic heterocycles. The molecule has 0 unspecified atom stereocenters. The Hall–Kier alpha value is -2.96. The molecule has 3 aromatic rings. The van der Waals surface area contributed by atoms with Crippen molar-refractivity contribution in [2.24, 2.45) is 5.92 Å². The number of aryl methyl sites for hydroxylation is 1. The van der Waals surface area contributed by atoms with E-state index in [4.69, 9.17) is 4.74 Å². The highest BCUT2D eigenvalue weighted by Gasteiger charge is 2.34. The summed E-state index contributed by atoms with van der Waals surface area (Å²) in [4.78, 5) is 13.9. The molecule has 0 N–H and O–H groups in total. The van der Waals surface area contributed by atoms with Crippen LogP contribution in [0.4, 0.5) is 18.9 Å². The molecular weight excluding hydrogens is 417 g/mol. The fourth-order valence-electron chi connectivity index (χ4n) is 4.14. The van der Waals surface area contributed by atoms with Crippen molar-refractivity contribution in [2.75, 3.05) is 25.1 Å². The van der Waals surface area contributed by atoms with E-state index >= 15 is 0 Å². The van der Waals surface area contributed by atoms with Crippen LogP contribution in [0.2, 0.25) is 0 Å². The molecule has 170 valence electrons. The maximum Gasteiger partial charge on any atom is 0.416 e. The summed E-state index contributed by atoms with van der Waals surface area (Å²) in [6, 6.07) is 10.1. The maximum absolute atomic E-state index is 13.2. The molecule has 4 nitrogen and oxygen atoms in total. The van der Waals surface area contributed by atoms with E-state index in [9.17, 15) is 18.0 Å². The van der Waals surface area contributed by atoms with E-state index in [1.807, 2.05) is 23.8 Å². The van der Waals surface area contributed by atoms with Crippen molar-refractivity contribution in [3.8, 4) is 5.69 Å². The molecule has 2 aromatic carbocycles. The van der Waals surface area contributed by atoms with Crippen molar-refractivity contribution in [3.63, 3.8) is 0 Å². The van der Waals surface area contributed by atoms with E-state index in [0.717, 1.165) is 34.1 Å². The van der Waals surface area contributed by atoms with Crippen molar-refractivity contribution >= 4 is 22.6 Å². The van der Waals surface area contributed by atoms with Crippen LogP contribution in [0.1, 0.15) is 37.5 Å². The number of ether oxygens (including phenoxy) is 1. The molecule has 2 heterocycles. The lowest BCUT2D eigenvalue weighted by Crippen LogP contribution is -2.51. The highest BCUT2D eigenvalue weighted by Crippen LogP contribution is 2.37. The van der Waals surface area contributed by atoms with Gasteiger partial charge in [0.2, 0.25) is 0 Å². The summed E-state index contributed by atoms with van der Waals surface area (Å²) in [5, 5.41) is 0.581. The first kappa shape index (κ1) is 22.2. The average molecular weight is 444 g/mol. The Morgan fingerprint density at radius 3 is 2.25 bits per heavy atom. The van der Waals surface area contributed by atoms with Crippen LogP contribution in [0.15, 0.2) is 42.6 Å². The number of carbonyl (C=O) groups is 1. The van der Waals surface area contributed by atoms with Gasteiger partial charge in [0.25, 0.3) is 0 Å². The van der Waals surface area contributed by atoms with Crippen molar-refractivity contribution in [1.82, 2.24) is 4.57 Å². The summed E-state index contributed by atoms with van der Waals surface area (Å²) in [7, 11) is 1.40. The van der Waals surface area contributed by atoms with Gasteiger partial charge in [-0.2, -0.15) is 13.2 Å². The highest BCUT2D eigenvalue weighted by molar-refractivity contribution is 5.86. The molecule has 1 saturated heterocycles. The minimum atomic E-state index is -4.38. The molecule has 0 radical (unpaired) electrons. The Balaban J connectivity index is 1.80. The minimum Gasteiger partial charge on any atom is -0.469 e. The van der Waals surface area contributed by atoms with Crippen LogP contribution >= 0.6 is 0 Å². The number of alkyl halides is 3. The van der Waals surface area contributed by atoms with Gasteiger partial charge < -0.3 is 14.2 Å². The van der Waals surface area contributed by atoms with Crippen LogP contribution < -0.4 is 4.90 Å². The van der Waals surface area contributed by atoms with Gasteiger partial charge >= 0.3 is 12.1 Å². The third kappa shape index (κ3) is 3.96. The molecule has 1 aliphatic heterocycles. The van der Waals surface area contributed by atoms with Gasteiger partial charge in [-0.05, 0) is 59.9 Å². The molecule has 0 spiro atoms. The van der Waals surface area contributed by atoms with Crippen molar-refractivity contribution in [2.45, 2.75) is 39.3 Å². The first-order valence-electron chi connectivity index (χ1n) is 10.6. The Morgan fingerprint density at radius 1 is 1.00 bits per heavy atom. The summed E-state index contributed by atoms with van der Waals surface area (Å²) in [6.45, 7) is 9.36.